The minimum Gasteiger partial charge on any atom is -0.485 e. The van der Waals surface area contributed by atoms with Gasteiger partial charge in [0, 0.05) is 5.92 Å². The summed E-state index contributed by atoms with van der Waals surface area (Å²) < 4.78 is 5.68. The lowest BCUT2D eigenvalue weighted by atomic mass is 10.0. The first kappa shape index (κ1) is 13.6. The van der Waals surface area contributed by atoms with E-state index >= 15 is 0 Å². The van der Waals surface area contributed by atoms with Crippen molar-refractivity contribution in [1.82, 2.24) is 0 Å². The molecule has 1 aromatic rings. The van der Waals surface area contributed by atoms with Crippen molar-refractivity contribution >= 4 is 5.78 Å². The fourth-order valence-corrected chi connectivity index (χ4v) is 2.75. The molecule has 0 N–H and O–H groups in total. The molecule has 1 aromatic carbocycles. The lowest BCUT2D eigenvalue weighted by Gasteiger charge is -2.14. The lowest BCUT2D eigenvalue weighted by Crippen LogP contribution is -2.19. The second kappa shape index (κ2) is 5.88. The van der Waals surface area contributed by atoms with Gasteiger partial charge in [-0.1, -0.05) is 12.8 Å². The number of carbonyl (C=O) groups is 1. The van der Waals surface area contributed by atoms with E-state index in [9.17, 15) is 4.79 Å². The van der Waals surface area contributed by atoms with E-state index in [0.29, 0.717) is 5.56 Å². The number of Topliss-reactive ketones (excluding diaryl/α,β-unsaturated/α-hetero) is 1. The topological polar surface area (TPSA) is 50.1 Å². The molecule has 0 aromatic heterocycles. The summed E-state index contributed by atoms with van der Waals surface area (Å²) in [5, 5.41) is 8.89. The van der Waals surface area contributed by atoms with Crippen LogP contribution in [-0.2, 0) is 4.79 Å². The number of carbonyl (C=O) groups excluding carboxylic acids is 1. The van der Waals surface area contributed by atoms with E-state index in [1.54, 1.807) is 12.1 Å². The normalized spacial score (nSPS) is 15.2. The summed E-state index contributed by atoms with van der Waals surface area (Å²) in [5.74, 6) is 1.14. The highest BCUT2D eigenvalue weighted by Crippen LogP contribution is 2.27. The first-order chi connectivity index (χ1) is 9.11. The first-order valence-corrected chi connectivity index (χ1v) is 6.78. The zero-order valence-electron chi connectivity index (χ0n) is 11.5. The van der Waals surface area contributed by atoms with Gasteiger partial charge in [0.05, 0.1) is 11.6 Å². The van der Waals surface area contributed by atoms with E-state index in [1.165, 1.54) is 0 Å². The molecular formula is C16H19NO2. The molecule has 1 aliphatic carbocycles. The molecule has 0 radical (unpaired) electrons. The Balaban J connectivity index is 2.03. The number of rotatable bonds is 4. The van der Waals surface area contributed by atoms with Crippen LogP contribution in [0.25, 0.3) is 0 Å². The molecule has 0 spiro atoms. The predicted molar refractivity (Wildman–Crippen MR) is 73.1 cm³/mol. The minimum atomic E-state index is 0.151. The van der Waals surface area contributed by atoms with Crippen molar-refractivity contribution in [2.75, 3.05) is 6.61 Å². The van der Waals surface area contributed by atoms with Crippen LogP contribution in [0.2, 0.25) is 0 Å². The van der Waals surface area contributed by atoms with Crippen molar-refractivity contribution in [1.29, 1.82) is 5.26 Å². The second-order valence-corrected chi connectivity index (χ2v) is 5.29. The molecule has 3 heteroatoms. The van der Waals surface area contributed by atoms with E-state index in [-0.39, 0.29) is 18.3 Å². The summed E-state index contributed by atoms with van der Waals surface area (Å²) in [5.41, 5.74) is 2.45. The summed E-state index contributed by atoms with van der Waals surface area (Å²) in [6.45, 7) is 3.96. The number of aryl methyl sites for hydroxylation is 2. The highest BCUT2D eigenvalue weighted by Gasteiger charge is 2.23. The first-order valence-electron chi connectivity index (χ1n) is 6.78. The van der Waals surface area contributed by atoms with Crippen LogP contribution in [-0.4, -0.2) is 12.4 Å². The summed E-state index contributed by atoms with van der Waals surface area (Å²) in [6.07, 6.45) is 4.33. The zero-order valence-corrected chi connectivity index (χ0v) is 11.5. The Kier molecular flexibility index (Phi) is 4.21. The van der Waals surface area contributed by atoms with Gasteiger partial charge in [-0.3, -0.25) is 4.79 Å². The van der Waals surface area contributed by atoms with Gasteiger partial charge in [0.2, 0.25) is 0 Å². The smallest absolute Gasteiger partial charge is 0.173 e. The molecular weight excluding hydrogens is 238 g/mol. The van der Waals surface area contributed by atoms with E-state index in [0.717, 1.165) is 42.6 Å². The van der Waals surface area contributed by atoms with Crippen LogP contribution in [0.15, 0.2) is 12.1 Å². The highest BCUT2D eigenvalue weighted by molar-refractivity contribution is 5.82. The molecule has 0 unspecified atom stereocenters. The maximum atomic E-state index is 12.0. The Morgan fingerprint density at radius 2 is 1.89 bits per heavy atom. The number of ether oxygens (including phenoxy) is 1. The molecule has 1 fully saturated rings. The Morgan fingerprint density at radius 3 is 2.42 bits per heavy atom. The van der Waals surface area contributed by atoms with Gasteiger partial charge in [-0.25, -0.2) is 0 Å². The van der Waals surface area contributed by atoms with Crippen molar-refractivity contribution < 1.29 is 9.53 Å². The van der Waals surface area contributed by atoms with Gasteiger partial charge in [-0.2, -0.15) is 5.26 Å². The van der Waals surface area contributed by atoms with Gasteiger partial charge < -0.3 is 4.74 Å². The maximum absolute atomic E-state index is 12.0. The van der Waals surface area contributed by atoms with E-state index < -0.39 is 0 Å². The number of hydrogen-bond acceptors (Lipinski definition) is 3. The van der Waals surface area contributed by atoms with Crippen molar-refractivity contribution in [3.05, 3.63) is 28.8 Å². The standard InChI is InChI=1S/C16H19NO2/c1-11-7-13(9-17)8-12(2)16(11)19-10-15(18)14-5-3-4-6-14/h7-8,14H,3-6,10H2,1-2H3. The average molecular weight is 257 g/mol. The number of ketones is 1. The van der Waals surface area contributed by atoms with Crippen LogP contribution in [0.5, 0.6) is 5.75 Å². The maximum Gasteiger partial charge on any atom is 0.173 e. The Morgan fingerprint density at radius 1 is 1.32 bits per heavy atom. The molecule has 0 bridgehead atoms. The molecule has 2 rings (SSSR count). The molecule has 0 amide bonds. The predicted octanol–water partition coefficient (Wildman–Crippen LogP) is 3.31. The summed E-state index contributed by atoms with van der Waals surface area (Å²) in [4.78, 5) is 12.0. The van der Waals surface area contributed by atoms with Gasteiger partial charge in [0.1, 0.15) is 12.4 Å². The van der Waals surface area contributed by atoms with Crippen LogP contribution < -0.4 is 4.74 Å². The fraction of sp³-hybridized carbons (Fsp3) is 0.500. The minimum absolute atomic E-state index is 0.151. The molecule has 0 saturated heterocycles. The lowest BCUT2D eigenvalue weighted by molar-refractivity contribution is -0.124. The molecule has 0 heterocycles. The van der Waals surface area contributed by atoms with Crippen molar-refractivity contribution in [3.8, 4) is 11.8 Å². The van der Waals surface area contributed by atoms with E-state index in [1.807, 2.05) is 13.8 Å². The number of hydrogen-bond donors (Lipinski definition) is 0. The van der Waals surface area contributed by atoms with Gasteiger partial charge in [0.25, 0.3) is 0 Å². The zero-order chi connectivity index (χ0) is 13.8. The quantitative estimate of drug-likeness (QED) is 0.831. The van der Waals surface area contributed by atoms with Gasteiger partial charge in [-0.15, -0.1) is 0 Å². The van der Waals surface area contributed by atoms with Crippen molar-refractivity contribution in [3.63, 3.8) is 0 Å². The third-order valence-electron chi connectivity index (χ3n) is 3.76. The van der Waals surface area contributed by atoms with Crippen LogP contribution in [0.4, 0.5) is 0 Å². The van der Waals surface area contributed by atoms with E-state index in [2.05, 4.69) is 6.07 Å². The summed E-state index contributed by atoms with van der Waals surface area (Å²) in [6, 6.07) is 5.71. The third-order valence-corrected chi connectivity index (χ3v) is 3.76. The number of nitriles is 1. The number of benzene rings is 1. The molecule has 19 heavy (non-hydrogen) atoms. The molecule has 1 saturated carbocycles. The molecule has 3 nitrogen and oxygen atoms in total. The summed E-state index contributed by atoms with van der Waals surface area (Å²) >= 11 is 0. The Hall–Kier alpha value is -1.82. The van der Waals surface area contributed by atoms with Gasteiger partial charge in [0.15, 0.2) is 5.78 Å². The second-order valence-electron chi connectivity index (χ2n) is 5.29. The average Bonchev–Trinajstić information content (AvgIpc) is 2.91. The molecule has 1 aliphatic rings. The van der Waals surface area contributed by atoms with Crippen LogP contribution in [0, 0.1) is 31.1 Å². The van der Waals surface area contributed by atoms with Crippen molar-refractivity contribution in [2.45, 2.75) is 39.5 Å². The molecule has 0 aliphatic heterocycles. The SMILES string of the molecule is Cc1cc(C#N)cc(C)c1OCC(=O)C1CCCC1. The van der Waals surface area contributed by atoms with Crippen LogP contribution in [0.1, 0.15) is 42.4 Å². The Labute approximate surface area is 114 Å². The van der Waals surface area contributed by atoms with Gasteiger partial charge in [-0.05, 0) is 49.9 Å². The van der Waals surface area contributed by atoms with Crippen LogP contribution >= 0.6 is 0 Å². The molecule has 0 atom stereocenters. The van der Waals surface area contributed by atoms with Crippen LogP contribution in [0.3, 0.4) is 0 Å². The van der Waals surface area contributed by atoms with Gasteiger partial charge >= 0.3 is 0 Å². The van der Waals surface area contributed by atoms with E-state index in [4.69, 9.17) is 10.00 Å². The highest BCUT2D eigenvalue weighted by atomic mass is 16.5. The summed E-state index contributed by atoms with van der Waals surface area (Å²) in [7, 11) is 0. The Bertz CT molecular complexity index is 499. The van der Waals surface area contributed by atoms with Crippen molar-refractivity contribution in [2.24, 2.45) is 5.92 Å². The third kappa shape index (κ3) is 3.14. The monoisotopic (exact) mass is 257 g/mol. The fourth-order valence-electron chi connectivity index (χ4n) is 2.75. The largest absolute Gasteiger partial charge is 0.485 e. The number of nitrogens with zero attached hydrogens (tertiary/aromatic N) is 1. The molecule has 100 valence electrons.